The molecule has 0 aromatic rings. The lowest BCUT2D eigenvalue weighted by atomic mass is 9.94. The van der Waals surface area contributed by atoms with Gasteiger partial charge in [-0.15, -0.1) is 0 Å². The zero-order valence-electron chi connectivity index (χ0n) is 13.4. The van der Waals surface area contributed by atoms with Crippen molar-refractivity contribution in [3.8, 4) is 0 Å². The summed E-state index contributed by atoms with van der Waals surface area (Å²) in [5.41, 5.74) is -0.434. The van der Waals surface area contributed by atoms with E-state index in [1.807, 2.05) is 27.7 Å². The van der Waals surface area contributed by atoms with E-state index in [0.717, 1.165) is 25.4 Å². The quantitative estimate of drug-likeness (QED) is 0.581. The largest absolute Gasteiger partial charge is 0.444 e. The van der Waals surface area contributed by atoms with Crippen molar-refractivity contribution in [1.82, 2.24) is 10.6 Å². The molecule has 1 aliphatic carbocycles. The Hall–Kier alpha value is -1.03. The molecule has 1 aliphatic rings. The van der Waals surface area contributed by atoms with Crippen LogP contribution in [0.5, 0.6) is 0 Å². The van der Waals surface area contributed by atoms with Gasteiger partial charge in [-0.2, -0.15) is 0 Å². The minimum Gasteiger partial charge on any atom is -0.444 e. The fourth-order valence-electron chi connectivity index (χ4n) is 2.25. The maximum Gasteiger partial charge on any atom is 0.407 e. The van der Waals surface area contributed by atoms with E-state index in [-0.39, 0.29) is 12.1 Å². The molecule has 0 aromatic heterocycles. The van der Waals surface area contributed by atoms with E-state index >= 15 is 0 Å². The highest BCUT2D eigenvalue weighted by Crippen LogP contribution is 2.16. The van der Waals surface area contributed by atoms with Crippen LogP contribution in [0.3, 0.4) is 0 Å². The monoisotopic (exact) mass is 282 g/mol. The van der Waals surface area contributed by atoms with Crippen LogP contribution in [0.1, 0.15) is 53.4 Å². The number of rotatable bonds is 6. The average molecular weight is 282 g/mol. The van der Waals surface area contributed by atoms with E-state index in [0.29, 0.717) is 0 Å². The SMILES string of the molecule is CC(CCNCC1CC=CCC1)NC(=O)OC(C)(C)C. The minimum atomic E-state index is -0.434. The van der Waals surface area contributed by atoms with E-state index < -0.39 is 5.60 Å². The van der Waals surface area contributed by atoms with Gasteiger partial charge in [-0.1, -0.05) is 12.2 Å². The number of allylic oxidation sites excluding steroid dienone is 2. The standard InChI is InChI=1S/C16H30N2O2/c1-13(18-15(19)20-16(2,3)4)10-11-17-12-14-8-6-5-7-9-14/h5-6,13-14,17H,7-12H2,1-4H3,(H,18,19). The van der Waals surface area contributed by atoms with Crippen LogP contribution < -0.4 is 10.6 Å². The summed E-state index contributed by atoms with van der Waals surface area (Å²) in [7, 11) is 0. The Bertz CT molecular complexity index is 321. The van der Waals surface area contributed by atoms with Crippen LogP contribution in [0.2, 0.25) is 0 Å². The van der Waals surface area contributed by atoms with Crippen LogP contribution in [-0.2, 0) is 4.74 Å². The molecule has 2 unspecified atom stereocenters. The van der Waals surface area contributed by atoms with Crippen molar-refractivity contribution < 1.29 is 9.53 Å². The summed E-state index contributed by atoms with van der Waals surface area (Å²) in [4.78, 5) is 11.6. The third kappa shape index (κ3) is 8.20. The first kappa shape index (κ1) is 17.0. The zero-order valence-corrected chi connectivity index (χ0v) is 13.4. The van der Waals surface area contributed by atoms with Crippen LogP contribution >= 0.6 is 0 Å². The van der Waals surface area contributed by atoms with Crippen LogP contribution in [-0.4, -0.2) is 30.8 Å². The summed E-state index contributed by atoms with van der Waals surface area (Å²) in [6.07, 6.45) is 8.83. The summed E-state index contributed by atoms with van der Waals surface area (Å²) >= 11 is 0. The van der Waals surface area contributed by atoms with Crippen LogP contribution in [0, 0.1) is 5.92 Å². The molecule has 1 rings (SSSR count). The Morgan fingerprint density at radius 2 is 2.15 bits per heavy atom. The molecule has 0 spiro atoms. The first-order chi connectivity index (χ1) is 9.37. The summed E-state index contributed by atoms with van der Waals surface area (Å²) in [6.45, 7) is 9.63. The van der Waals surface area contributed by atoms with Crippen molar-refractivity contribution in [2.45, 2.75) is 65.0 Å². The van der Waals surface area contributed by atoms with Crippen molar-refractivity contribution in [3.05, 3.63) is 12.2 Å². The highest BCUT2D eigenvalue weighted by Gasteiger charge is 2.17. The Labute approximate surface area is 123 Å². The Kier molecular flexibility index (Phi) is 7.06. The first-order valence-corrected chi connectivity index (χ1v) is 7.72. The minimum absolute atomic E-state index is 0.128. The van der Waals surface area contributed by atoms with E-state index in [2.05, 4.69) is 22.8 Å². The fraction of sp³-hybridized carbons (Fsp3) is 0.812. The van der Waals surface area contributed by atoms with Gasteiger partial charge in [0.05, 0.1) is 0 Å². The van der Waals surface area contributed by atoms with E-state index in [1.165, 1.54) is 19.3 Å². The van der Waals surface area contributed by atoms with Gasteiger partial charge in [0.15, 0.2) is 0 Å². The molecule has 20 heavy (non-hydrogen) atoms. The van der Waals surface area contributed by atoms with Gasteiger partial charge in [-0.25, -0.2) is 4.79 Å². The second kappa shape index (κ2) is 8.30. The van der Waals surface area contributed by atoms with Crippen LogP contribution in [0.4, 0.5) is 4.79 Å². The number of hydrogen-bond acceptors (Lipinski definition) is 3. The molecule has 0 aliphatic heterocycles. The number of hydrogen-bond donors (Lipinski definition) is 2. The maximum atomic E-state index is 11.6. The summed E-state index contributed by atoms with van der Waals surface area (Å²) in [5, 5.41) is 6.34. The van der Waals surface area contributed by atoms with Gasteiger partial charge >= 0.3 is 6.09 Å². The molecule has 0 radical (unpaired) electrons. The molecule has 2 atom stereocenters. The molecular formula is C16H30N2O2. The summed E-state index contributed by atoms with van der Waals surface area (Å²) in [5.74, 6) is 0.772. The maximum absolute atomic E-state index is 11.6. The van der Waals surface area contributed by atoms with Crippen molar-refractivity contribution in [3.63, 3.8) is 0 Å². The third-order valence-electron chi connectivity index (χ3n) is 3.33. The highest BCUT2D eigenvalue weighted by atomic mass is 16.6. The Morgan fingerprint density at radius 3 is 2.75 bits per heavy atom. The molecule has 0 saturated heterocycles. The Balaban J connectivity index is 2.06. The average Bonchev–Trinajstić information content (AvgIpc) is 2.33. The predicted molar refractivity (Wildman–Crippen MR) is 82.8 cm³/mol. The van der Waals surface area contributed by atoms with Gasteiger partial charge in [-0.05, 0) is 72.4 Å². The molecule has 0 heterocycles. The van der Waals surface area contributed by atoms with Crippen LogP contribution in [0.25, 0.3) is 0 Å². The fourth-order valence-corrected chi connectivity index (χ4v) is 2.25. The summed E-state index contributed by atoms with van der Waals surface area (Å²) in [6, 6.07) is 0.128. The summed E-state index contributed by atoms with van der Waals surface area (Å²) < 4.78 is 5.23. The molecule has 0 fully saturated rings. The molecule has 116 valence electrons. The highest BCUT2D eigenvalue weighted by molar-refractivity contribution is 5.67. The lowest BCUT2D eigenvalue weighted by Crippen LogP contribution is -2.39. The van der Waals surface area contributed by atoms with Gasteiger partial charge in [0.25, 0.3) is 0 Å². The molecular weight excluding hydrogens is 252 g/mol. The topological polar surface area (TPSA) is 50.4 Å². The molecule has 0 saturated carbocycles. The van der Waals surface area contributed by atoms with Gasteiger partial charge in [0, 0.05) is 6.04 Å². The van der Waals surface area contributed by atoms with Gasteiger partial charge in [0.1, 0.15) is 5.60 Å². The van der Waals surface area contributed by atoms with Crippen molar-refractivity contribution in [2.75, 3.05) is 13.1 Å². The van der Waals surface area contributed by atoms with E-state index in [1.54, 1.807) is 0 Å². The number of carbonyl (C=O) groups excluding carboxylic acids is 1. The zero-order chi connectivity index (χ0) is 15.0. The first-order valence-electron chi connectivity index (χ1n) is 7.72. The molecule has 0 aromatic carbocycles. The number of alkyl carbamates (subject to hydrolysis) is 1. The number of ether oxygens (including phenoxy) is 1. The molecule has 4 nitrogen and oxygen atoms in total. The van der Waals surface area contributed by atoms with E-state index in [9.17, 15) is 4.79 Å². The number of amides is 1. The number of nitrogens with one attached hydrogen (secondary N) is 2. The number of carbonyl (C=O) groups is 1. The lowest BCUT2D eigenvalue weighted by Gasteiger charge is -2.22. The van der Waals surface area contributed by atoms with Crippen molar-refractivity contribution in [2.24, 2.45) is 5.92 Å². The van der Waals surface area contributed by atoms with Crippen molar-refractivity contribution in [1.29, 1.82) is 0 Å². The second-order valence-electron chi connectivity index (χ2n) is 6.69. The smallest absolute Gasteiger partial charge is 0.407 e. The van der Waals surface area contributed by atoms with Gasteiger partial charge in [-0.3, -0.25) is 0 Å². The second-order valence-corrected chi connectivity index (χ2v) is 6.69. The Morgan fingerprint density at radius 1 is 1.40 bits per heavy atom. The van der Waals surface area contributed by atoms with Crippen LogP contribution in [0.15, 0.2) is 12.2 Å². The molecule has 1 amide bonds. The lowest BCUT2D eigenvalue weighted by molar-refractivity contribution is 0.0506. The normalized spacial score (nSPS) is 20.5. The molecule has 0 bridgehead atoms. The van der Waals surface area contributed by atoms with Crippen molar-refractivity contribution >= 4 is 6.09 Å². The third-order valence-corrected chi connectivity index (χ3v) is 3.33. The van der Waals surface area contributed by atoms with Gasteiger partial charge in [0.2, 0.25) is 0 Å². The predicted octanol–water partition coefficient (Wildman–Crippen LogP) is 3.24. The molecule has 4 heteroatoms. The van der Waals surface area contributed by atoms with Gasteiger partial charge < -0.3 is 15.4 Å². The van der Waals surface area contributed by atoms with E-state index in [4.69, 9.17) is 4.74 Å². The molecule has 2 N–H and O–H groups in total.